The maximum atomic E-state index is 15.3. The van der Waals surface area contributed by atoms with Gasteiger partial charge >= 0.3 is 12.2 Å². The van der Waals surface area contributed by atoms with E-state index < -0.39 is 58.0 Å². The molecule has 9 nitrogen and oxygen atoms in total. The Morgan fingerprint density at radius 1 is 0.825 bits per heavy atom. The van der Waals surface area contributed by atoms with E-state index in [-0.39, 0.29) is 49.9 Å². The summed E-state index contributed by atoms with van der Waals surface area (Å²) < 4.78 is 45.3. The smallest absolute Gasteiger partial charge is 0.410 e. The molecule has 3 aliphatic rings. The minimum Gasteiger partial charge on any atom is -0.489 e. The lowest BCUT2D eigenvalue weighted by Crippen LogP contribution is -2.69. The molecule has 0 unspecified atom stereocenters. The molecule has 0 radical (unpaired) electrons. The van der Waals surface area contributed by atoms with Gasteiger partial charge in [0.25, 0.3) is 0 Å². The Bertz CT molecular complexity index is 1970. The van der Waals surface area contributed by atoms with Crippen LogP contribution in [0.3, 0.4) is 0 Å². The van der Waals surface area contributed by atoms with Crippen molar-refractivity contribution in [2.75, 3.05) is 19.7 Å². The number of aryl methyl sites for hydroxylation is 1. The average molecular weight is 849 g/mol. The van der Waals surface area contributed by atoms with Crippen molar-refractivity contribution in [3.05, 3.63) is 98.0 Å². The summed E-state index contributed by atoms with van der Waals surface area (Å²) in [5.74, 6) is -3.03. The Morgan fingerprint density at radius 2 is 1.47 bits per heavy atom. The van der Waals surface area contributed by atoms with Crippen molar-refractivity contribution >= 4 is 52.9 Å². The number of amides is 3. The second-order valence-corrected chi connectivity index (χ2v) is 18.3. The van der Waals surface area contributed by atoms with E-state index in [4.69, 9.17) is 49.0 Å². The number of piperazine rings is 1. The van der Waals surface area contributed by atoms with Crippen LogP contribution in [0.1, 0.15) is 89.8 Å². The molecule has 0 spiro atoms. The van der Waals surface area contributed by atoms with Crippen molar-refractivity contribution in [3.63, 3.8) is 0 Å². The van der Waals surface area contributed by atoms with Crippen LogP contribution in [0.2, 0.25) is 15.1 Å². The van der Waals surface area contributed by atoms with Crippen LogP contribution in [-0.4, -0.2) is 81.8 Å². The molecule has 2 saturated heterocycles. The van der Waals surface area contributed by atoms with Crippen molar-refractivity contribution in [3.8, 4) is 5.75 Å². The van der Waals surface area contributed by atoms with Crippen molar-refractivity contribution in [1.82, 2.24) is 14.7 Å². The van der Waals surface area contributed by atoms with Gasteiger partial charge in [-0.2, -0.15) is 0 Å². The molecule has 4 atom stereocenters. The van der Waals surface area contributed by atoms with Gasteiger partial charge in [0.05, 0.1) is 34.7 Å². The molecule has 1 aliphatic carbocycles. The molecule has 1 saturated carbocycles. The van der Waals surface area contributed by atoms with Crippen LogP contribution in [-0.2, 0) is 27.2 Å². The summed E-state index contributed by atoms with van der Waals surface area (Å²) >= 11 is 19.0. The third kappa shape index (κ3) is 10.3. The van der Waals surface area contributed by atoms with Crippen molar-refractivity contribution < 1.29 is 37.4 Å². The summed E-state index contributed by atoms with van der Waals surface area (Å²) in [7, 11) is 0. The van der Waals surface area contributed by atoms with Crippen LogP contribution in [0, 0.1) is 17.6 Å². The lowest BCUT2D eigenvalue weighted by molar-refractivity contribution is -0.146. The largest absolute Gasteiger partial charge is 0.489 e. The van der Waals surface area contributed by atoms with Gasteiger partial charge in [-0.25, -0.2) is 18.4 Å². The van der Waals surface area contributed by atoms with Crippen LogP contribution in [0.15, 0.2) is 54.6 Å². The second kappa shape index (κ2) is 17.2. The van der Waals surface area contributed by atoms with Crippen LogP contribution in [0.25, 0.3) is 0 Å². The Morgan fingerprint density at radius 3 is 2.12 bits per heavy atom. The molecule has 57 heavy (non-hydrogen) atoms. The Balaban J connectivity index is 1.32. The molecule has 6 rings (SSSR count). The van der Waals surface area contributed by atoms with Gasteiger partial charge in [-0.15, -0.1) is 0 Å². The number of halogens is 5. The highest BCUT2D eigenvalue weighted by atomic mass is 35.5. The molecule has 2 heterocycles. The van der Waals surface area contributed by atoms with Gasteiger partial charge in [0, 0.05) is 25.7 Å². The normalized spacial score (nSPS) is 20.9. The van der Waals surface area contributed by atoms with Crippen LogP contribution in [0.4, 0.5) is 18.4 Å². The molecule has 2 bridgehead atoms. The van der Waals surface area contributed by atoms with Gasteiger partial charge in [0.2, 0.25) is 5.91 Å². The third-order valence-corrected chi connectivity index (χ3v) is 11.6. The van der Waals surface area contributed by atoms with E-state index in [0.29, 0.717) is 34.9 Å². The molecule has 3 fully saturated rings. The molecule has 3 aromatic carbocycles. The van der Waals surface area contributed by atoms with Gasteiger partial charge < -0.3 is 24.0 Å². The van der Waals surface area contributed by atoms with Gasteiger partial charge in [0.15, 0.2) is 11.6 Å². The average Bonchev–Trinajstić information content (AvgIpc) is 3.97. The van der Waals surface area contributed by atoms with Crippen molar-refractivity contribution in [1.29, 1.82) is 0 Å². The molecule has 14 heteroatoms. The predicted molar refractivity (Wildman–Crippen MR) is 216 cm³/mol. The first kappa shape index (κ1) is 42.8. The molecule has 2 aliphatic heterocycles. The standard InChI is InChI=1S/C43H50Cl3F2N3O6/c1-42(2,3)56-40(53)49-23-29-21-30(26-14-12-25(13-15-26)9-8-20-55-38-33(48)19-18-32(47)37(38)46)35(34(24-49)51(29)41(54)57-43(4,5)6)39(52)50(28-16-17-28)22-27-10-7-11-31(44)36(27)45/h7,10-15,18-19,28-30,34-35H,8-9,16-17,20-24H2,1-6H3/t29-,30-,34-,35-/m1/s1. The Labute approximate surface area is 348 Å². The van der Waals surface area contributed by atoms with Crippen molar-refractivity contribution in [2.24, 2.45) is 5.92 Å². The maximum absolute atomic E-state index is 15.3. The number of hydrogen-bond acceptors (Lipinski definition) is 6. The van der Waals surface area contributed by atoms with E-state index in [2.05, 4.69) is 0 Å². The number of nitrogens with zero attached hydrogens (tertiary/aromatic N) is 3. The first-order valence-electron chi connectivity index (χ1n) is 19.4. The van der Waals surface area contributed by atoms with Gasteiger partial charge in [-0.05, 0) is 114 Å². The molecular weight excluding hydrogens is 799 g/mol. The number of ether oxygens (including phenoxy) is 3. The zero-order chi connectivity index (χ0) is 41.4. The van der Waals surface area contributed by atoms with Gasteiger partial charge in [-0.1, -0.05) is 71.2 Å². The summed E-state index contributed by atoms with van der Waals surface area (Å²) in [4.78, 5) is 48.2. The number of carbonyl (C=O) groups is 3. The van der Waals surface area contributed by atoms with E-state index in [9.17, 15) is 18.4 Å². The summed E-state index contributed by atoms with van der Waals surface area (Å²) in [5, 5.41) is 0.381. The highest BCUT2D eigenvalue weighted by Gasteiger charge is 2.55. The van der Waals surface area contributed by atoms with E-state index >= 15 is 4.79 Å². The molecule has 3 amide bonds. The van der Waals surface area contributed by atoms with E-state index in [0.717, 1.165) is 36.1 Å². The first-order valence-corrected chi connectivity index (χ1v) is 20.5. The molecule has 3 aromatic rings. The first-order chi connectivity index (χ1) is 26.8. The number of fused-ring (bicyclic) bond motifs is 2. The van der Waals surface area contributed by atoms with Crippen LogP contribution >= 0.6 is 34.8 Å². The molecule has 0 N–H and O–H groups in total. The van der Waals surface area contributed by atoms with E-state index in [1.54, 1.807) is 63.5 Å². The summed E-state index contributed by atoms with van der Waals surface area (Å²) in [6.45, 7) is 11.4. The SMILES string of the molecule is CC(C)(C)OC(=O)N1C[C@H]2C[C@H](c3ccc(CCCOc4c(F)ccc(F)c4Cl)cc3)[C@@H](C(=O)N(Cc3cccc(Cl)c3Cl)C3CC3)[C@@H](C1)N2C(=O)OC(C)(C)C. The fraction of sp³-hybridized carbons (Fsp3) is 0.512. The van der Waals surface area contributed by atoms with Gasteiger partial charge in [0.1, 0.15) is 22.0 Å². The van der Waals surface area contributed by atoms with Crippen molar-refractivity contribution in [2.45, 2.75) is 115 Å². The second-order valence-electron chi connectivity index (χ2n) is 17.1. The van der Waals surface area contributed by atoms with Gasteiger partial charge in [-0.3, -0.25) is 9.69 Å². The summed E-state index contributed by atoms with van der Waals surface area (Å²) in [5.41, 5.74) is 1.07. The number of benzene rings is 3. The summed E-state index contributed by atoms with van der Waals surface area (Å²) in [6, 6.07) is 14.1. The molecular formula is C43H50Cl3F2N3O6. The topological polar surface area (TPSA) is 88.6 Å². The highest BCUT2D eigenvalue weighted by molar-refractivity contribution is 6.42. The van der Waals surface area contributed by atoms with E-state index in [1.165, 1.54) is 0 Å². The lowest BCUT2D eigenvalue weighted by atomic mass is 9.70. The van der Waals surface area contributed by atoms with Crippen LogP contribution < -0.4 is 4.74 Å². The zero-order valence-electron chi connectivity index (χ0n) is 33.1. The predicted octanol–water partition coefficient (Wildman–Crippen LogP) is 10.5. The minimum atomic E-state index is -0.797. The maximum Gasteiger partial charge on any atom is 0.410 e. The van der Waals surface area contributed by atoms with E-state index in [1.807, 2.05) is 35.2 Å². The fourth-order valence-electron chi connectivity index (χ4n) is 7.78. The monoisotopic (exact) mass is 847 g/mol. The fourth-order valence-corrected chi connectivity index (χ4v) is 8.37. The lowest BCUT2D eigenvalue weighted by Gasteiger charge is -2.55. The number of rotatable bonds is 10. The van der Waals surface area contributed by atoms with Crippen LogP contribution in [0.5, 0.6) is 5.75 Å². The number of carbonyl (C=O) groups excluding carboxylic acids is 3. The number of hydrogen-bond donors (Lipinski definition) is 0. The number of likely N-dealkylation sites (tertiary alicyclic amines) is 1. The quantitative estimate of drug-likeness (QED) is 0.149. The Kier molecular flexibility index (Phi) is 12.9. The Hall–Kier alpha value is -3.80. The molecule has 308 valence electrons. The summed E-state index contributed by atoms with van der Waals surface area (Å²) in [6.07, 6.45) is 2.08. The molecule has 0 aromatic heterocycles. The zero-order valence-corrected chi connectivity index (χ0v) is 35.4. The minimum absolute atomic E-state index is 0.0215. The highest BCUT2D eigenvalue weighted by Crippen LogP contribution is 2.46. The third-order valence-electron chi connectivity index (χ3n) is 10.4. The number of piperidine rings is 1.